The SMILES string of the molecule is COC(=O)C1(CCF)CCNC1.Cl. The quantitative estimate of drug-likeness (QED) is 0.706. The molecule has 0 aromatic carbocycles. The van der Waals surface area contributed by atoms with Crippen molar-refractivity contribution in [3.8, 4) is 0 Å². The molecule has 13 heavy (non-hydrogen) atoms. The number of ether oxygens (including phenoxy) is 1. The Morgan fingerprint density at radius 3 is 2.77 bits per heavy atom. The highest BCUT2D eigenvalue weighted by molar-refractivity contribution is 5.85. The maximum Gasteiger partial charge on any atom is 0.313 e. The van der Waals surface area contributed by atoms with Gasteiger partial charge in [-0.25, -0.2) is 0 Å². The van der Waals surface area contributed by atoms with E-state index in [0.29, 0.717) is 13.0 Å². The second-order valence-electron chi connectivity index (χ2n) is 3.14. The summed E-state index contributed by atoms with van der Waals surface area (Å²) in [4.78, 5) is 11.3. The van der Waals surface area contributed by atoms with E-state index >= 15 is 0 Å². The van der Waals surface area contributed by atoms with Gasteiger partial charge in [-0.2, -0.15) is 0 Å². The standard InChI is InChI=1S/C8H14FNO2.ClH/c1-12-7(11)8(2-4-9)3-5-10-6-8;/h10H,2-6H2,1H3;1H. The van der Waals surface area contributed by atoms with Crippen molar-refractivity contribution in [3.05, 3.63) is 0 Å². The molecule has 1 N–H and O–H groups in total. The van der Waals surface area contributed by atoms with E-state index in [2.05, 4.69) is 10.1 Å². The zero-order valence-corrected chi connectivity index (χ0v) is 8.45. The van der Waals surface area contributed by atoms with E-state index in [-0.39, 0.29) is 24.8 Å². The molecular formula is C8H15ClFNO2. The Morgan fingerprint density at radius 1 is 1.69 bits per heavy atom. The summed E-state index contributed by atoms with van der Waals surface area (Å²) in [7, 11) is 1.35. The number of carbonyl (C=O) groups excluding carboxylic acids is 1. The summed E-state index contributed by atoms with van der Waals surface area (Å²) < 4.78 is 16.8. The predicted octanol–water partition coefficient (Wildman–Crippen LogP) is 0.920. The number of hydrogen-bond acceptors (Lipinski definition) is 3. The fraction of sp³-hybridized carbons (Fsp3) is 0.875. The molecule has 0 aliphatic carbocycles. The van der Waals surface area contributed by atoms with Crippen LogP contribution in [0.3, 0.4) is 0 Å². The Labute approximate surface area is 83.4 Å². The average Bonchev–Trinajstić information content (AvgIpc) is 2.53. The Morgan fingerprint density at radius 2 is 2.38 bits per heavy atom. The summed E-state index contributed by atoms with van der Waals surface area (Å²) in [5.41, 5.74) is -0.594. The number of rotatable bonds is 3. The van der Waals surface area contributed by atoms with Crippen molar-refractivity contribution < 1.29 is 13.9 Å². The number of hydrogen-bond donors (Lipinski definition) is 1. The molecule has 0 spiro atoms. The van der Waals surface area contributed by atoms with E-state index < -0.39 is 12.1 Å². The van der Waals surface area contributed by atoms with Gasteiger partial charge in [0.15, 0.2) is 0 Å². The molecule has 0 aromatic heterocycles. The van der Waals surface area contributed by atoms with Gasteiger partial charge in [0.1, 0.15) is 0 Å². The molecule has 1 atom stereocenters. The van der Waals surface area contributed by atoms with Crippen LogP contribution < -0.4 is 5.32 Å². The van der Waals surface area contributed by atoms with E-state index in [9.17, 15) is 9.18 Å². The Balaban J connectivity index is 0.00000144. The molecule has 0 aromatic rings. The van der Waals surface area contributed by atoms with Crippen molar-refractivity contribution in [2.45, 2.75) is 12.8 Å². The van der Waals surface area contributed by atoms with Crippen molar-refractivity contribution in [2.75, 3.05) is 26.9 Å². The molecular weight excluding hydrogens is 197 g/mol. The van der Waals surface area contributed by atoms with Crippen LogP contribution in [0.1, 0.15) is 12.8 Å². The van der Waals surface area contributed by atoms with Crippen LogP contribution in [-0.4, -0.2) is 32.8 Å². The third-order valence-corrected chi connectivity index (χ3v) is 2.44. The summed E-state index contributed by atoms with van der Waals surface area (Å²) >= 11 is 0. The van der Waals surface area contributed by atoms with Gasteiger partial charge in [0.25, 0.3) is 0 Å². The van der Waals surface area contributed by atoms with Gasteiger partial charge in [-0.15, -0.1) is 12.4 Å². The van der Waals surface area contributed by atoms with Crippen molar-refractivity contribution >= 4 is 18.4 Å². The summed E-state index contributed by atoms with van der Waals surface area (Å²) in [6, 6.07) is 0. The largest absolute Gasteiger partial charge is 0.469 e. The molecule has 0 amide bonds. The van der Waals surface area contributed by atoms with Crippen LogP contribution >= 0.6 is 12.4 Å². The summed E-state index contributed by atoms with van der Waals surface area (Å²) in [5.74, 6) is -0.287. The lowest BCUT2D eigenvalue weighted by molar-refractivity contribution is -0.152. The normalized spacial score (nSPS) is 26.6. The Hall–Kier alpha value is -0.350. The van der Waals surface area contributed by atoms with Crippen LogP contribution in [0.25, 0.3) is 0 Å². The molecule has 0 radical (unpaired) electrons. The number of methoxy groups -OCH3 is 1. The molecule has 1 aliphatic heterocycles. The molecule has 0 bridgehead atoms. The minimum absolute atomic E-state index is 0. The molecule has 1 saturated heterocycles. The number of carbonyl (C=O) groups is 1. The maximum absolute atomic E-state index is 12.2. The van der Waals surface area contributed by atoms with Crippen molar-refractivity contribution in [1.82, 2.24) is 5.32 Å². The van der Waals surface area contributed by atoms with Gasteiger partial charge in [-0.05, 0) is 19.4 Å². The molecule has 0 saturated carbocycles. The molecule has 1 unspecified atom stereocenters. The van der Waals surface area contributed by atoms with Gasteiger partial charge in [-0.3, -0.25) is 9.18 Å². The summed E-state index contributed by atoms with van der Waals surface area (Å²) in [6.45, 7) is 0.857. The highest BCUT2D eigenvalue weighted by Crippen LogP contribution is 2.30. The lowest BCUT2D eigenvalue weighted by atomic mass is 9.84. The van der Waals surface area contributed by atoms with Crippen molar-refractivity contribution in [3.63, 3.8) is 0 Å². The molecule has 1 rings (SSSR count). The molecule has 3 nitrogen and oxygen atoms in total. The highest BCUT2D eigenvalue weighted by Gasteiger charge is 2.41. The van der Waals surface area contributed by atoms with E-state index in [1.165, 1.54) is 7.11 Å². The lowest BCUT2D eigenvalue weighted by Crippen LogP contribution is -2.35. The number of esters is 1. The summed E-state index contributed by atoms with van der Waals surface area (Å²) in [6.07, 6.45) is 0.955. The minimum atomic E-state index is -0.594. The van der Waals surface area contributed by atoms with Crippen LogP contribution in [0.5, 0.6) is 0 Å². The van der Waals surface area contributed by atoms with E-state index in [1.807, 2.05) is 0 Å². The number of halogens is 2. The maximum atomic E-state index is 12.2. The van der Waals surface area contributed by atoms with Gasteiger partial charge >= 0.3 is 5.97 Å². The van der Waals surface area contributed by atoms with E-state index in [0.717, 1.165) is 6.54 Å². The Bertz CT molecular complexity index is 172. The van der Waals surface area contributed by atoms with Crippen molar-refractivity contribution in [1.29, 1.82) is 0 Å². The van der Waals surface area contributed by atoms with Crippen LogP contribution in [0.4, 0.5) is 4.39 Å². The topological polar surface area (TPSA) is 38.3 Å². The van der Waals surface area contributed by atoms with Gasteiger partial charge < -0.3 is 10.1 Å². The molecule has 1 fully saturated rings. The smallest absolute Gasteiger partial charge is 0.313 e. The first kappa shape index (κ1) is 12.7. The number of nitrogens with one attached hydrogen (secondary N) is 1. The number of alkyl halides is 1. The van der Waals surface area contributed by atoms with E-state index in [4.69, 9.17) is 0 Å². The highest BCUT2D eigenvalue weighted by atomic mass is 35.5. The van der Waals surface area contributed by atoms with Crippen LogP contribution in [0.2, 0.25) is 0 Å². The van der Waals surface area contributed by atoms with Gasteiger partial charge in [0, 0.05) is 6.54 Å². The second kappa shape index (κ2) is 5.40. The fourth-order valence-electron chi connectivity index (χ4n) is 1.63. The van der Waals surface area contributed by atoms with Gasteiger partial charge in [0.05, 0.1) is 19.2 Å². The van der Waals surface area contributed by atoms with E-state index in [1.54, 1.807) is 0 Å². The van der Waals surface area contributed by atoms with Crippen LogP contribution in [0.15, 0.2) is 0 Å². The van der Waals surface area contributed by atoms with Gasteiger partial charge in [0.2, 0.25) is 0 Å². The van der Waals surface area contributed by atoms with Crippen LogP contribution in [-0.2, 0) is 9.53 Å². The monoisotopic (exact) mass is 211 g/mol. The first-order valence-electron chi connectivity index (χ1n) is 4.10. The third kappa shape index (κ3) is 2.54. The summed E-state index contributed by atoms with van der Waals surface area (Å²) in [5, 5.41) is 3.05. The first-order chi connectivity index (χ1) is 5.75. The fourth-order valence-corrected chi connectivity index (χ4v) is 1.63. The average molecular weight is 212 g/mol. The predicted molar refractivity (Wildman–Crippen MR) is 49.8 cm³/mol. The van der Waals surface area contributed by atoms with Gasteiger partial charge in [-0.1, -0.05) is 0 Å². The zero-order chi connectivity index (χ0) is 9.03. The molecule has 78 valence electrons. The molecule has 5 heteroatoms. The minimum Gasteiger partial charge on any atom is -0.469 e. The second-order valence-corrected chi connectivity index (χ2v) is 3.14. The van der Waals surface area contributed by atoms with Crippen molar-refractivity contribution in [2.24, 2.45) is 5.41 Å². The lowest BCUT2D eigenvalue weighted by Gasteiger charge is -2.23. The zero-order valence-electron chi connectivity index (χ0n) is 7.64. The molecule has 1 heterocycles. The Kier molecular flexibility index (Phi) is 5.25. The van der Waals surface area contributed by atoms with Crippen LogP contribution in [0, 0.1) is 5.41 Å². The first-order valence-corrected chi connectivity index (χ1v) is 4.10. The third-order valence-electron chi connectivity index (χ3n) is 2.44. The molecule has 1 aliphatic rings.